The van der Waals surface area contributed by atoms with E-state index in [4.69, 9.17) is 4.74 Å². The third-order valence-electron chi connectivity index (χ3n) is 4.54. The molecule has 1 amide bonds. The van der Waals surface area contributed by atoms with Crippen molar-refractivity contribution >= 4 is 5.91 Å². The molecule has 0 aliphatic carbocycles. The Morgan fingerprint density at radius 2 is 2.00 bits per heavy atom. The Morgan fingerprint density at radius 3 is 2.70 bits per heavy atom. The van der Waals surface area contributed by atoms with Crippen LogP contribution in [0, 0.1) is 0 Å². The van der Waals surface area contributed by atoms with Gasteiger partial charge >= 0.3 is 0 Å². The summed E-state index contributed by atoms with van der Waals surface area (Å²) in [5.74, 6) is 0.117. The quantitative estimate of drug-likeness (QED) is 0.792. The van der Waals surface area contributed by atoms with Gasteiger partial charge in [-0.1, -0.05) is 0 Å². The van der Waals surface area contributed by atoms with Crippen molar-refractivity contribution in [2.45, 2.75) is 37.8 Å². The zero-order chi connectivity index (χ0) is 16.0. The van der Waals surface area contributed by atoms with Gasteiger partial charge in [-0.25, -0.2) is 4.98 Å². The Morgan fingerprint density at radius 1 is 1.22 bits per heavy atom. The van der Waals surface area contributed by atoms with Gasteiger partial charge in [0, 0.05) is 51.1 Å². The van der Waals surface area contributed by atoms with E-state index in [1.807, 2.05) is 22.9 Å². The van der Waals surface area contributed by atoms with Crippen molar-refractivity contribution in [3.05, 3.63) is 43.2 Å². The Labute approximate surface area is 136 Å². The fourth-order valence-corrected chi connectivity index (χ4v) is 3.20. The molecule has 1 fully saturated rings. The Bertz CT molecular complexity index is 586. The van der Waals surface area contributed by atoms with Crippen LogP contribution in [0.25, 0.3) is 0 Å². The van der Waals surface area contributed by atoms with Crippen molar-refractivity contribution in [2.24, 2.45) is 0 Å². The molecule has 0 atom stereocenters. The summed E-state index contributed by atoms with van der Waals surface area (Å²) in [7, 11) is 0. The molecule has 3 rings (SSSR count). The molecular formula is C17H24N4O2. The average molecular weight is 316 g/mol. The standard InChI is InChI=1S/C17H24N4O2/c22-16(19-6-3-8-20-11-7-18-15-20)14-17(4-12-23-13-5-17)21-9-1-2-10-21/h1-2,7,9-11,15H,3-6,8,12-14H2,(H,19,22). The summed E-state index contributed by atoms with van der Waals surface area (Å²) in [6, 6.07) is 4.03. The molecule has 1 aliphatic rings. The first-order valence-electron chi connectivity index (χ1n) is 8.22. The zero-order valence-corrected chi connectivity index (χ0v) is 13.4. The number of nitrogens with one attached hydrogen (secondary N) is 1. The first kappa shape index (κ1) is 15.8. The van der Waals surface area contributed by atoms with Crippen molar-refractivity contribution in [1.82, 2.24) is 19.4 Å². The highest BCUT2D eigenvalue weighted by atomic mass is 16.5. The lowest BCUT2D eigenvalue weighted by Gasteiger charge is -2.38. The van der Waals surface area contributed by atoms with Crippen LogP contribution >= 0.6 is 0 Å². The second kappa shape index (κ2) is 7.46. The van der Waals surface area contributed by atoms with Crippen LogP contribution in [-0.2, 0) is 21.6 Å². The SMILES string of the molecule is O=C(CC1(n2cccc2)CCOCC1)NCCCn1ccnc1. The molecule has 3 heterocycles. The number of carbonyl (C=O) groups is 1. The summed E-state index contributed by atoms with van der Waals surface area (Å²) in [6.07, 6.45) is 12.8. The Balaban J connectivity index is 1.50. The number of ether oxygens (including phenoxy) is 1. The van der Waals surface area contributed by atoms with Crippen molar-refractivity contribution < 1.29 is 9.53 Å². The molecular weight excluding hydrogens is 292 g/mol. The van der Waals surface area contributed by atoms with Crippen LogP contribution in [0.4, 0.5) is 0 Å². The molecule has 6 nitrogen and oxygen atoms in total. The van der Waals surface area contributed by atoms with Crippen LogP contribution < -0.4 is 5.32 Å². The predicted octanol–water partition coefficient (Wildman–Crippen LogP) is 1.79. The summed E-state index contributed by atoms with van der Waals surface area (Å²) in [6.45, 7) is 2.99. The van der Waals surface area contributed by atoms with Crippen LogP contribution in [0.1, 0.15) is 25.7 Å². The Hall–Kier alpha value is -2.08. The minimum Gasteiger partial charge on any atom is -0.381 e. The normalized spacial score (nSPS) is 17.0. The van der Waals surface area contributed by atoms with Crippen molar-refractivity contribution in [2.75, 3.05) is 19.8 Å². The molecule has 6 heteroatoms. The lowest BCUT2D eigenvalue weighted by atomic mass is 9.86. The second-order valence-corrected chi connectivity index (χ2v) is 6.11. The van der Waals surface area contributed by atoms with Gasteiger partial charge in [0.25, 0.3) is 0 Å². The number of imidazole rings is 1. The van der Waals surface area contributed by atoms with Crippen molar-refractivity contribution in [3.8, 4) is 0 Å². The largest absolute Gasteiger partial charge is 0.381 e. The van der Waals surface area contributed by atoms with Crippen LogP contribution in [0.5, 0.6) is 0 Å². The van der Waals surface area contributed by atoms with E-state index in [-0.39, 0.29) is 11.4 Å². The summed E-state index contributed by atoms with van der Waals surface area (Å²) >= 11 is 0. The molecule has 2 aromatic rings. The molecule has 0 radical (unpaired) electrons. The fourth-order valence-electron chi connectivity index (χ4n) is 3.20. The van der Waals surface area contributed by atoms with Gasteiger partial charge in [0.05, 0.1) is 18.3 Å². The lowest BCUT2D eigenvalue weighted by Crippen LogP contribution is -2.43. The van der Waals surface area contributed by atoms with Gasteiger partial charge in [-0.3, -0.25) is 4.79 Å². The van der Waals surface area contributed by atoms with Crippen LogP contribution in [0.3, 0.4) is 0 Å². The number of aromatic nitrogens is 3. The van der Waals surface area contributed by atoms with E-state index < -0.39 is 0 Å². The maximum Gasteiger partial charge on any atom is 0.222 e. The molecule has 0 spiro atoms. The van der Waals surface area contributed by atoms with E-state index in [1.165, 1.54) is 0 Å². The van der Waals surface area contributed by atoms with Crippen LogP contribution in [0.2, 0.25) is 0 Å². The molecule has 0 unspecified atom stereocenters. The topological polar surface area (TPSA) is 61.1 Å². The number of hydrogen-bond donors (Lipinski definition) is 1. The van der Waals surface area contributed by atoms with Gasteiger partial charge in [-0.15, -0.1) is 0 Å². The smallest absolute Gasteiger partial charge is 0.222 e. The van der Waals surface area contributed by atoms with Crippen LogP contribution in [0.15, 0.2) is 43.2 Å². The minimum absolute atomic E-state index is 0.117. The number of aryl methyl sites for hydroxylation is 1. The van der Waals surface area contributed by atoms with E-state index in [9.17, 15) is 4.79 Å². The molecule has 124 valence electrons. The van der Waals surface area contributed by atoms with E-state index >= 15 is 0 Å². The minimum atomic E-state index is -0.143. The third-order valence-corrected chi connectivity index (χ3v) is 4.54. The maximum absolute atomic E-state index is 12.4. The summed E-state index contributed by atoms with van der Waals surface area (Å²) < 4.78 is 9.69. The fraction of sp³-hybridized carbons (Fsp3) is 0.529. The highest BCUT2D eigenvalue weighted by Crippen LogP contribution is 2.32. The monoisotopic (exact) mass is 316 g/mol. The van der Waals surface area contributed by atoms with Crippen molar-refractivity contribution in [1.29, 1.82) is 0 Å². The van der Waals surface area contributed by atoms with Gasteiger partial charge in [0.2, 0.25) is 5.91 Å². The van der Waals surface area contributed by atoms with Crippen LogP contribution in [-0.4, -0.2) is 39.8 Å². The summed E-state index contributed by atoms with van der Waals surface area (Å²) in [5, 5.41) is 3.05. The summed E-state index contributed by atoms with van der Waals surface area (Å²) in [5.41, 5.74) is -0.143. The zero-order valence-electron chi connectivity index (χ0n) is 13.4. The molecule has 2 aromatic heterocycles. The van der Waals surface area contributed by atoms with E-state index in [0.717, 1.165) is 25.8 Å². The molecule has 0 aromatic carbocycles. The average Bonchev–Trinajstić information content (AvgIpc) is 3.26. The molecule has 0 bridgehead atoms. The van der Waals surface area contributed by atoms with Gasteiger partial charge < -0.3 is 19.2 Å². The van der Waals surface area contributed by atoms with Gasteiger partial charge in [0.1, 0.15) is 0 Å². The third kappa shape index (κ3) is 4.01. The molecule has 1 saturated heterocycles. The second-order valence-electron chi connectivity index (χ2n) is 6.11. The molecule has 1 N–H and O–H groups in total. The Kier molecular flexibility index (Phi) is 5.12. The number of carbonyl (C=O) groups excluding carboxylic acids is 1. The molecule has 1 aliphatic heterocycles. The first-order valence-corrected chi connectivity index (χ1v) is 8.22. The van der Waals surface area contributed by atoms with Gasteiger partial charge in [0.15, 0.2) is 0 Å². The highest BCUT2D eigenvalue weighted by molar-refractivity contribution is 5.77. The first-order chi connectivity index (χ1) is 11.3. The molecule has 23 heavy (non-hydrogen) atoms. The highest BCUT2D eigenvalue weighted by Gasteiger charge is 2.35. The van der Waals surface area contributed by atoms with E-state index in [1.54, 1.807) is 12.5 Å². The number of nitrogens with zero attached hydrogens (tertiary/aromatic N) is 3. The van der Waals surface area contributed by atoms with Crippen molar-refractivity contribution in [3.63, 3.8) is 0 Å². The number of rotatable bonds is 7. The van der Waals surface area contributed by atoms with Gasteiger partial charge in [-0.05, 0) is 31.4 Å². The number of amides is 1. The molecule has 0 saturated carbocycles. The summed E-state index contributed by atoms with van der Waals surface area (Å²) in [4.78, 5) is 16.4. The van der Waals surface area contributed by atoms with E-state index in [2.05, 4.69) is 27.3 Å². The van der Waals surface area contributed by atoms with E-state index in [0.29, 0.717) is 26.2 Å². The number of hydrogen-bond acceptors (Lipinski definition) is 3. The maximum atomic E-state index is 12.4. The van der Waals surface area contributed by atoms with Gasteiger partial charge in [-0.2, -0.15) is 0 Å². The lowest BCUT2D eigenvalue weighted by molar-refractivity contribution is -0.124. The predicted molar refractivity (Wildman–Crippen MR) is 86.9 cm³/mol.